The van der Waals surface area contributed by atoms with Gasteiger partial charge in [-0.2, -0.15) is 0 Å². The second-order valence-electron chi connectivity index (χ2n) is 3.65. The molecule has 2 heterocycles. The molecule has 18 heavy (non-hydrogen) atoms. The highest BCUT2D eigenvalue weighted by Gasteiger charge is 2.12. The van der Waals surface area contributed by atoms with Gasteiger partial charge in [0.25, 0.3) is 5.91 Å². The number of anilines is 2. The Kier molecular flexibility index (Phi) is 3.83. The summed E-state index contributed by atoms with van der Waals surface area (Å²) in [5.74, 6) is -0.274. The summed E-state index contributed by atoms with van der Waals surface area (Å²) < 4.78 is 0. The minimum Gasteiger partial charge on any atom is -0.360 e. The number of nitrogens with one attached hydrogen (secondary N) is 2. The van der Waals surface area contributed by atoms with Crippen molar-refractivity contribution in [1.29, 1.82) is 0 Å². The van der Waals surface area contributed by atoms with Crippen LogP contribution in [0, 0.1) is 6.92 Å². The predicted molar refractivity (Wildman–Crippen MR) is 71.0 cm³/mol. The number of aromatic nitrogens is 3. The molecule has 2 rings (SSSR count). The van der Waals surface area contributed by atoms with E-state index in [9.17, 15) is 4.79 Å². The molecule has 0 saturated heterocycles. The van der Waals surface area contributed by atoms with Crippen molar-refractivity contribution in [3.8, 4) is 0 Å². The number of hydrogen-bond donors (Lipinski definition) is 2. The van der Waals surface area contributed by atoms with Gasteiger partial charge in [-0.05, 0) is 25.5 Å². The minimum absolute atomic E-state index is 0.274. The van der Waals surface area contributed by atoms with E-state index >= 15 is 0 Å². The fourth-order valence-corrected chi connectivity index (χ4v) is 2.05. The van der Waals surface area contributed by atoms with Crippen molar-refractivity contribution in [2.75, 3.05) is 17.2 Å². The average Bonchev–Trinajstić information content (AvgIpc) is 2.78. The summed E-state index contributed by atoms with van der Waals surface area (Å²) in [6.07, 6.45) is 3.32. The normalized spacial score (nSPS) is 10.1. The Bertz CT molecular complexity index is 554. The molecule has 0 atom stereocenters. The molecular weight excluding hydrogens is 250 g/mol. The van der Waals surface area contributed by atoms with E-state index in [1.54, 1.807) is 12.4 Å². The van der Waals surface area contributed by atoms with Crippen LogP contribution < -0.4 is 10.6 Å². The summed E-state index contributed by atoms with van der Waals surface area (Å²) >= 11 is 1.22. The van der Waals surface area contributed by atoms with Gasteiger partial charge in [-0.25, -0.2) is 0 Å². The molecule has 94 valence electrons. The maximum absolute atomic E-state index is 11.9. The lowest BCUT2D eigenvalue weighted by atomic mass is 10.3. The molecule has 0 aliphatic rings. The Morgan fingerprint density at radius 1 is 1.39 bits per heavy atom. The van der Waals surface area contributed by atoms with Gasteiger partial charge in [-0.3, -0.25) is 9.78 Å². The monoisotopic (exact) mass is 263 g/mol. The molecule has 2 aromatic heterocycles. The van der Waals surface area contributed by atoms with Crippen LogP contribution in [-0.4, -0.2) is 27.6 Å². The zero-order valence-corrected chi connectivity index (χ0v) is 10.9. The van der Waals surface area contributed by atoms with E-state index in [2.05, 4.69) is 25.8 Å². The highest BCUT2D eigenvalue weighted by atomic mass is 32.1. The van der Waals surface area contributed by atoms with E-state index in [0.717, 1.165) is 12.1 Å². The molecule has 2 aromatic rings. The fraction of sp³-hybridized carbons (Fsp3) is 0.273. The third kappa shape index (κ3) is 3.01. The van der Waals surface area contributed by atoms with Crippen LogP contribution >= 0.6 is 11.3 Å². The third-order valence-electron chi connectivity index (χ3n) is 2.08. The smallest absolute Gasteiger partial charge is 0.286 e. The second kappa shape index (κ2) is 5.54. The molecule has 7 heteroatoms. The number of amides is 1. The van der Waals surface area contributed by atoms with Crippen LogP contribution in [0.4, 0.5) is 10.8 Å². The maximum atomic E-state index is 11.9. The van der Waals surface area contributed by atoms with Crippen LogP contribution in [0.2, 0.25) is 0 Å². The second-order valence-corrected chi connectivity index (χ2v) is 4.63. The molecular formula is C11H13N5OS. The number of carbonyl (C=O) groups excluding carboxylic acids is 1. The largest absolute Gasteiger partial charge is 0.360 e. The van der Waals surface area contributed by atoms with Crippen LogP contribution in [0.25, 0.3) is 0 Å². The Morgan fingerprint density at radius 2 is 2.22 bits per heavy atom. The van der Waals surface area contributed by atoms with Gasteiger partial charge in [0.1, 0.15) is 0 Å². The van der Waals surface area contributed by atoms with E-state index in [0.29, 0.717) is 15.8 Å². The summed E-state index contributed by atoms with van der Waals surface area (Å²) in [5.41, 5.74) is 1.64. The van der Waals surface area contributed by atoms with Gasteiger partial charge in [-0.15, -0.1) is 10.2 Å². The lowest BCUT2D eigenvalue weighted by Crippen LogP contribution is -2.11. The van der Waals surface area contributed by atoms with E-state index in [1.807, 2.05) is 19.9 Å². The molecule has 6 nitrogen and oxygen atoms in total. The first kappa shape index (κ1) is 12.4. The Hall–Kier alpha value is -2.02. The molecule has 0 fully saturated rings. The van der Waals surface area contributed by atoms with Crippen molar-refractivity contribution >= 4 is 28.1 Å². The molecule has 0 unspecified atom stereocenters. The average molecular weight is 263 g/mol. The summed E-state index contributed by atoms with van der Waals surface area (Å²) in [7, 11) is 0. The van der Waals surface area contributed by atoms with Gasteiger partial charge < -0.3 is 10.6 Å². The molecule has 0 saturated carbocycles. The van der Waals surface area contributed by atoms with Crippen molar-refractivity contribution in [2.24, 2.45) is 0 Å². The fourth-order valence-electron chi connectivity index (χ4n) is 1.35. The Labute approximate surface area is 108 Å². The highest BCUT2D eigenvalue weighted by Crippen LogP contribution is 2.16. The van der Waals surface area contributed by atoms with E-state index in [1.165, 1.54) is 11.3 Å². The number of nitrogens with zero attached hydrogens (tertiary/aromatic N) is 3. The van der Waals surface area contributed by atoms with Gasteiger partial charge in [-0.1, -0.05) is 11.3 Å². The lowest BCUT2D eigenvalue weighted by molar-refractivity contribution is 0.102. The quantitative estimate of drug-likeness (QED) is 0.881. The van der Waals surface area contributed by atoms with Gasteiger partial charge >= 0.3 is 0 Å². The molecule has 0 radical (unpaired) electrons. The van der Waals surface area contributed by atoms with Crippen LogP contribution in [0.15, 0.2) is 18.5 Å². The van der Waals surface area contributed by atoms with Crippen LogP contribution in [0.5, 0.6) is 0 Å². The van der Waals surface area contributed by atoms with Crippen LogP contribution in [0.1, 0.15) is 22.3 Å². The third-order valence-corrected chi connectivity index (χ3v) is 2.96. The van der Waals surface area contributed by atoms with E-state index in [4.69, 9.17) is 0 Å². The SMILES string of the molecule is CCNc1nnc(C(=O)Nc2cncc(C)c2)s1. The molecule has 0 aliphatic carbocycles. The molecule has 1 amide bonds. The van der Waals surface area contributed by atoms with Crippen molar-refractivity contribution in [3.63, 3.8) is 0 Å². The summed E-state index contributed by atoms with van der Waals surface area (Å²) in [4.78, 5) is 15.9. The minimum atomic E-state index is -0.274. The van der Waals surface area contributed by atoms with Gasteiger partial charge in [0.05, 0.1) is 11.9 Å². The summed E-state index contributed by atoms with van der Waals surface area (Å²) in [6, 6.07) is 1.84. The zero-order chi connectivity index (χ0) is 13.0. The van der Waals surface area contributed by atoms with Crippen LogP contribution in [-0.2, 0) is 0 Å². The molecule has 0 aromatic carbocycles. The number of rotatable bonds is 4. The zero-order valence-electron chi connectivity index (χ0n) is 10.1. The van der Waals surface area contributed by atoms with E-state index in [-0.39, 0.29) is 5.91 Å². The number of pyridine rings is 1. The highest BCUT2D eigenvalue weighted by molar-refractivity contribution is 7.17. The number of carbonyl (C=O) groups is 1. The first-order chi connectivity index (χ1) is 8.69. The van der Waals surface area contributed by atoms with Gasteiger partial charge in [0, 0.05) is 12.7 Å². The van der Waals surface area contributed by atoms with Gasteiger partial charge in [0.2, 0.25) is 10.1 Å². The lowest BCUT2D eigenvalue weighted by Gasteiger charge is -2.02. The van der Waals surface area contributed by atoms with Crippen molar-refractivity contribution in [1.82, 2.24) is 15.2 Å². The standard InChI is InChI=1S/C11H13N5OS/c1-3-13-11-16-15-10(18-11)9(17)14-8-4-7(2)5-12-6-8/h4-6H,3H2,1-2H3,(H,13,16)(H,14,17). The number of aryl methyl sites for hydroxylation is 1. The Balaban J connectivity index is 2.07. The maximum Gasteiger partial charge on any atom is 0.286 e. The summed E-state index contributed by atoms with van der Waals surface area (Å²) in [6.45, 7) is 4.62. The topological polar surface area (TPSA) is 79.8 Å². The first-order valence-corrected chi connectivity index (χ1v) is 6.31. The summed E-state index contributed by atoms with van der Waals surface area (Å²) in [5, 5.41) is 14.4. The van der Waals surface area contributed by atoms with E-state index < -0.39 is 0 Å². The van der Waals surface area contributed by atoms with Gasteiger partial charge in [0.15, 0.2) is 0 Å². The first-order valence-electron chi connectivity index (χ1n) is 5.49. The molecule has 2 N–H and O–H groups in total. The Morgan fingerprint density at radius 3 is 2.94 bits per heavy atom. The molecule has 0 bridgehead atoms. The van der Waals surface area contributed by atoms with Crippen molar-refractivity contribution in [2.45, 2.75) is 13.8 Å². The van der Waals surface area contributed by atoms with Crippen molar-refractivity contribution in [3.05, 3.63) is 29.0 Å². The molecule has 0 aliphatic heterocycles. The van der Waals surface area contributed by atoms with Crippen molar-refractivity contribution < 1.29 is 4.79 Å². The number of hydrogen-bond acceptors (Lipinski definition) is 6. The molecule has 0 spiro atoms. The predicted octanol–water partition coefficient (Wildman–Crippen LogP) is 1.93. The van der Waals surface area contributed by atoms with Crippen LogP contribution in [0.3, 0.4) is 0 Å².